The summed E-state index contributed by atoms with van der Waals surface area (Å²) >= 11 is 0. The van der Waals surface area contributed by atoms with Crippen molar-refractivity contribution in [1.82, 2.24) is 5.32 Å². The Hall–Kier alpha value is -2.36. The molecule has 0 bridgehead atoms. The van der Waals surface area contributed by atoms with E-state index in [4.69, 9.17) is 4.74 Å². The van der Waals surface area contributed by atoms with Crippen molar-refractivity contribution in [3.63, 3.8) is 0 Å². The van der Waals surface area contributed by atoms with Crippen LogP contribution >= 0.6 is 0 Å². The predicted octanol–water partition coefficient (Wildman–Crippen LogP) is 0.506. The van der Waals surface area contributed by atoms with Crippen molar-refractivity contribution >= 4 is 27.3 Å². The van der Waals surface area contributed by atoms with Crippen LogP contribution in [0.5, 0.6) is 5.75 Å². The van der Waals surface area contributed by atoms with Gasteiger partial charge in [0.05, 0.1) is 18.3 Å². The summed E-state index contributed by atoms with van der Waals surface area (Å²) in [7, 11) is -2.53. The molecule has 0 saturated heterocycles. The number of nitrogens with zero attached hydrogens (tertiary/aromatic N) is 2. The zero-order valence-corrected chi connectivity index (χ0v) is 13.2. The molecule has 0 aliphatic rings. The first kappa shape index (κ1) is 17.7. The largest absolute Gasteiger partial charge is 0.495 e. The number of nitrogens with one attached hydrogen (secondary N) is 1. The molecular formula is C12H17N3O6S. The average Bonchev–Trinajstić information content (AvgIpc) is 2.43. The van der Waals surface area contributed by atoms with E-state index in [0.717, 1.165) is 16.6 Å². The molecule has 0 radical (unpaired) electrons. The van der Waals surface area contributed by atoms with Gasteiger partial charge in [0.15, 0.2) is 0 Å². The fraction of sp³-hybridized carbons (Fsp3) is 0.417. The van der Waals surface area contributed by atoms with Crippen LogP contribution < -0.4 is 14.4 Å². The highest BCUT2D eigenvalue weighted by Gasteiger charge is 2.25. The van der Waals surface area contributed by atoms with E-state index in [9.17, 15) is 23.3 Å². The third kappa shape index (κ3) is 4.32. The number of rotatable bonds is 7. The smallest absolute Gasteiger partial charge is 0.271 e. The summed E-state index contributed by atoms with van der Waals surface area (Å²) < 4.78 is 29.7. The van der Waals surface area contributed by atoms with Crippen LogP contribution in [0, 0.1) is 10.1 Å². The van der Waals surface area contributed by atoms with Crippen LogP contribution in [0.25, 0.3) is 0 Å². The van der Waals surface area contributed by atoms with Crippen LogP contribution in [0.2, 0.25) is 0 Å². The minimum Gasteiger partial charge on any atom is -0.495 e. The number of hydrogen-bond acceptors (Lipinski definition) is 6. The predicted molar refractivity (Wildman–Crippen MR) is 80.5 cm³/mol. The lowest BCUT2D eigenvalue weighted by atomic mass is 10.2. The molecule has 0 aromatic heterocycles. The van der Waals surface area contributed by atoms with Gasteiger partial charge in [-0.05, 0) is 13.0 Å². The number of non-ortho nitro benzene ring substituents is 1. The number of benzene rings is 1. The number of hydrogen-bond donors (Lipinski definition) is 1. The lowest BCUT2D eigenvalue weighted by molar-refractivity contribution is -0.384. The fourth-order valence-electron chi connectivity index (χ4n) is 1.75. The number of nitro benzene ring substituents is 1. The SMILES string of the molecule is CCNC(=O)CN(c1cc([N+](=O)[O-])ccc1OC)S(C)(=O)=O. The van der Waals surface area contributed by atoms with E-state index in [1.165, 1.54) is 19.2 Å². The molecule has 0 heterocycles. The van der Waals surface area contributed by atoms with Crippen LogP contribution in [-0.2, 0) is 14.8 Å². The summed E-state index contributed by atoms with van der Waals surface area (Å²) in [5.74, 6) is -0.415. The standard InChI is InChI=1S/C12H17N3O6S/c1-4-13-12(16)8-14(22(3,19)20)10-7-9(15(17)18)5-6-11(10)21-2/h5-7H,4,8H2,1-3H3,(H,13,16). The quantitative estimate of drug-likeness (QED) is 0.574. The third-order valence-corrected chi connectivity index (χ3v) is 3.83. The van der Waals surface area contributed by atoms with Crippen molar-refractivity contribution in [1.29, 1.82) is 0 Å². The number of nitro groups is 1. The molecule has 0 fully saturated rings. The molecular weight excluding hydrogens is 314 g/mol. The number of anilines is 1. The van der Waals surface area contributed by atoms with Crippen LogP contribution in [0.3, 0.4) is 0 Å². The highest BCUT2D eigenvalue weighted by atomic mass is 32.2. The highest BCUT2D eigenvalue weighted by Crippen LogP contribution is 2.33. The molecule has 1 aromatic carbocycles. The molecule has 1 amide bonds. The molecule has 0 aliphatic carbocycles. The molecule has 22 heavy (non-hydrogen) atoms. The summed E-state index contributed by atoms with van der Waals surface area (Å²) in [6.07, 6.45) is 0.907. The van der Waals surface area contributed by atoms with Gasteiger partial charge in [0, 0.05) is 18.7 Å². The molecule has 122 valence electrons. The Morgan fingerprint density at radius 1 is 1.45 bits per heavy atom. The first-order chi connectivity index (χ1) is 10.2. The van der Waals surface area contributed by atoms with Gasteiger partial charge in [-0.2, -0.15) is 0 Å². The maximum atomic E-state index is 11.9. The maximum Gasteiger partial charge on any atom is 0.271 e. The van der Waals surface area contributed by atoms with Crippen molar-refractivity contribution in [2.24, 2.45) is 0 Å². The average molecular weight is 331 g/mol. The number of carbonyl (C=O) groups excluding carboxylic acids is 1. The summed E-state index contributed by atoms with van der Waals surface area (Å²) in [5.41, 5.74) is -0.370. The monoisotopic (exact) mass is 331 g/mol. The maximum absolute atomic E-state index is 11.9. The summed E-state index contributed by atoms with van der Waals surface area (Å²) in [4.78, 5) is 21.9. The topological polar surface area (TPSA) is 119 Å². The van der Waals surface area contributed by atoms with E-state index in [1.807, 2.05) is 0 Å². The molecule has 0 aliphatic heterocycles. The van der Waals surface area contributed by atoms with Crippen molar-refractivity contribution in [3.05, 3.63) is 28.3 Å². The van der Waals surface area contributed by atoms with E-state index < -0.39 is 27.4 Å². The van der Waals surface area contributed by atoms with E-state index in [-0.39, 0.29) is 17.1 Å². The Bertz CT molecular complexity index is 673. The van der Waals surface area contributed by atoms with E-state index in [2.05, 4.69) is 5.32 Å². The molecule has 1 aromatic rings. The van der Waals surface area contributed by atoms with Gasteiger partial charge >= 0.3 is 0 Å². The minimum atomic E-state index is -3.84. The van der Waals surface area contributed by atoms with E-state index in [0.29, 0.717) is 6.54 Å². The van der Waals surface area contributed by atoms with Crippen LogP contribution in [0.1, 0.15) is 6.92 Å². The van der Waals surface area contributed by atoms with Gasteiger partial charge < -0.3 is 10.1 Å². The van der Waals surface area contributed by atoms with Crippen molar-refractivity contribution in [2.75, 3.05) is 30.8 Å². The Morgan fingerprint density at radius 3 is 2.55 bits per heavy atom. The number of likely N-dealkylation sites (N-methyl/N-ethyl adjacent to an activating group) is 1. The van der Waals surface area contributed by atoms with E-state index in [1.54, 1.807) is 6.92 Å². The molecule has 9 nitrogen and oxygen atoms in total. The normalized spacial score (nSPS) is 10.9. The molecule has 0 saturated carbocycles. The number of sulfonamides is 1. The molecule has 0 spiro atoms. The Kier molecular flexibility index (Phi) is 5.69. The second-order valence-electron chi connectivity index (χ2n) is 4.34. The van der Waals surface area contributed by atoms with Crippen molar-refractivity contribution in [2.45, 2.75) is 6.92 Å². The lowest BCUT2D eigenvalue weighted by Gasteiger charge is -2.23. The van der Waals surface area contributed by atoms with Gasteiger partial charge in [0.1, 0.15) is 18.0 Å². The zero-order chi connectivity index (χ0) is 16.9. The summed E-state index contributed by atoms with van der Waals surface area (Å²) in [6.45, 7) is 1.53. The summed E-state index contributed by atoms with van der Waals surface area (Å²) in [5, 5.41) is 13.3. The number of methoxy groups -OCH3 is 1. The van der Waals surface area contributed by atoms with Crippen molar-refractivity contribution in [3.8, 4) is 5.75 Å². The van der Waals surface area contributed by atoms with Gasteiger partial charge in [0.25, 0.3) is 5.69 Å². The number of ether oxygens (including phenoxy) is 1. The van der Waals surface area contributed by atoms with Gasteiger partial charge in [0.2, 0.25) is 15.9 Å². The van der Waals surface area contributed by atoms with Gasteiger partial charge in [-0.1, -0.05) is 0 Å². The zero-order valence-electron chi connectivity index (χ0n) is 12.4. The Morgan fingerprint density at radius 2 is 2.09 bits per heavy atom. The number of carbonyl (C=O) groups is 1. The van der Waals surface area contributed by atoms with Gasteiger partial charge in [-0.25, -0.2) is 8.42 Å². The third-order valence-electron chi connectivity index (χ3n) is 2.70. The lowest BCUT2D eigenvalue weighted by Crippen LogP contribution is -2.40. The first-order valence-electron chi connectivity index (χ1n) is 6.27. The Balaban J connectivity index is 3.38. The van der Waals surface area contributed by atoms with Crippen LogP contribution in [0.15, 0.2) is 18.2 Å². The van der Waals surface area contributed by atoms with Crippen molar-refractivity contribution < 1.29 is 22.9 Å². The van der Waals surface area contributed by atoms with Gasteiger partial charge in [-0.3, -0.25) is 19.2 Å². The second-order valence-corrected chi connectivity index (χ2v) is 6.24. The van der Waals surface area contributed by atoms with Gasteiger partial charge in [-0.15, -0.1) is 0 Å². The number of amides is 1. The molecule has 0 atom stereocenters. The van der Waals surface area contributed by atoms with Crippen LogP contribution in [0.4, 0.5) is 11.4 Å². The molecule has 1 N–H and O–H groups in total. The highest BCUT2D eigenvalue weighted by molar-refractivity contribution is 7.92. The first-order valence-corrected chi connectivity index (χ1v) is 8.12. The molecule has 0 unspecified atom stereocenters. The minimum absolute atomic E-state index is 0.0644. The molecule has 1 rings (SSSR count). The fourth-order valence-corrected chi connectivity index (χ4v) is 2.60. The second kappa shape index (κ2) is 7.07. The van der Waals surface area contributed by atoms with E-state index >= 15 is 0 Å². The van der Waals surface area contributed by atoms with Crippen LogP contribution in [-0.4, -0.2) is 45.7 Å². The molecule has 10 heteroatoms. The Labute approximate surface area is 128 Å². The summed E-state index contributed by atoms with van der Waals surface area (Å²) in [6, 6.07) is 3.53.